The van der Waals surface area contributed by atoms with Crippen LogP contribution < -0.4 is 5.32 Å². The first-order valence-electron chi connectivity index (χ1n) is 7.63. The molecule has 1 N–H and O–H groups in total. The summed E-state index contributed by atoms with van der Waals surface area (Å²) in [6.07, 6.45) is 3.40. The van der Waals surface area contributed by atoms with Gasteiger partial charge in [-0.25, -0.2) is 9.80 Å². The number of esters is 1. The van der Waals surface area contributed by atoms with E-state index in [-0.39, 0.29) is 23.9 Å². The topological polar surface area (TPSA) is 88.1 Å². The number of carbonyl (C=O) groups excluding carboxylic acids is 3. The molecule has 0 aromatic heterocycles. The highest BCUT2D eigenvalue weighted by Crippen LogP contribution is 2.33. The fourth-order valence-corrected chi connectivity index (χ4v) is 2.95. The minimum absolute atomic E-state index is 0.120. The van der Waals surface area contributed by atoms with Crippen LogP contribution in [0.1, 0.15) is 45.4 Å². The lowest BCUT2D eigenvalue weighted by atomic mass is 9.77. The molecule has 0 bridgehead atoms. The first kappa shape index (κ1) is 16.5. The van der Waals surface area contributed by atoms with Gasteiger partial charge in [0.1, 0.15) is 11.3 Å². The molecule has 2 amide bonds. The number of ether oxygens (including phenoxy) is 1. The lowest BCUT2D eigenvalue weighted by Crippen LogP contribution is -2.58. The monoisotopic (exact) mass is 309 g/mol. The molecule has 1 saturated carbocycles. The number of amides is 2. The van der Waals surface area contributed by atoms with Gasteiger partial charge in [0, 0.05) is 19.9 Å². The normalized spacial score (nSPS) is 28.9. The molecule has 0 aromatic rings. The average molecular weight is 309 g/mol. The maximum Gasteiger partial charge on any atom is 0.331 e. The predicted molar refractivity (Wildman–Crippen MR) is 80.0 cm³/mol. The summed E-state index contributed by atoms with van der Waals surface area (Å²) in [5.41, 5.74) is -0.690. The van der Waals surface area contributed by atoms with Gasteiger partial charge >= 0.3 is 5.97 Å². The van der Waals surface area contributed by atoms with E-state index in [2.05, 4.69) is 17.3 Å². The summed E-state index contributed by atoms with van der Waals surface area (Å²) in [5, 5.41) is 8.00. The summed E-state index contributed by atoms with van der Waals surface area (Å²) < 4.78 is 4.90. The molecule has 0 atom stereocenters. The number of rotatable bonds is 3. The molecule has 1 fully saturated rings. The molecule has 1 aliphatic carbocycles. The molecule has 0 radical (unpaired) electrons. The summed E-state index contributed by atoms with van der Waals surface area (Å²) in [6.45, 7) is 2.13. The molecule has 0 unspecified atom stereocenters. The number of nitrogens with one attached hydrogen (secondary N) is 1. The van der Waals surface area contributed by atoms with E-state index < -0.39 is 11.5 Å². The van der Waals surface area contributed by atoms with E-state index in [1.165, 1.54) is 19.2 Å². The largest absolute Gasteiger partial charge is 0.467 e. The molecular weight excluding hydrogens is 286 g/mol. The van der Waals surface area contributed by atoms with E-state index in [1.54, 1.807) is 0 Å². The fraction of sp³-hybridized carbons (Fsp3) is 0.733. The zero-order valence-electron chi connectivity index (χ0n) is 13.3. The summed E-state index contributed by atoms with van der Waals surface area (Å²) in [4.78, 5) is 36.0. The predicted octanol–water partition coefficient (Wildman–Crippen LogP) is 0.833. The first-order chi connectivity index (χ1) is 10.4. The fourth-order valence-electron chi connectivity index (χ4n) is 2.95. The number of hydrogen-bond acceptors (Lipinski definition) is 5. The van der Waals surface area contributed by atoms with Gasteiger partial charge in [0.2, 0.25) is 5.91 Å². The van der Waals surface area contributed by atoms with Gasteiger partial charge in [0.05, 0.1) is 7.11 Å². The van der Waals surface area contributed by atoms with Crippen LogP contribution >= 0.6 is 0 Å². The van der Waals surface area contributed by atoms with Crippen LogP contribution in [0, 0.1) is 5.92 Å². The Morgan fingerprint density at radius 1 is 1.32 bits per heavy atom. The SMILES string of the molecule is COC(=O)C1(NC(=O)C2=NN(C)C(=O)CC2)CCC(C)CC1. The minimum Gasteiger partial charge on any atom is -0.467 e. The van der Waals surface area contributed by atoms with Crippen molar-refractivity contribution in [2.75, 3.05) is 14.2 Å². The zero-order chi connectivity index (χ0) is 16.3. The Morgan fingerprint density at radius 3 is 2.50 bits per heavy atom. The van der Waals surface area contributed by atoms with Gasteiger partial charge in [-0.3, -0.25) is 9.59 Å². The number of nitrogens with zero attached hydrogens (tertiary/aromatic N) is 2. The van der Waals surface area contributed by atoms with Crippen molar-refractivity contribution in [2.24, 2.45) is 11.0 Å². The van der Waals surface area contributed by atoms with Gasteiger partial charge < -0.3 is 10.1 Å². The summed E-state index contributed by atoms with van der Waals surface area (Å²) in [7, 11) is 2.85. The summed E-state index contributed by atoms with van der Waals surface area (Å²) in [5.74, 6) is -0.385. The highest BCUT2D eigenvalue weighted by Gasteiger charge is 2.44. The van der Waals surface area contributed by atoms with Crippen molar-refractivity contribution < 1.29 is 19.1 Å². The highest BCUT2D eigenvalue weighted by molar-refractivity contribution is 6.40. The zero-order valence-corrected chi connectivity index (χ0v) is 13.3. The van der Waals surface area contributed by atoms with Crippen LogP contribution in [0.4, 0.5) is 0 Å². The third-order valence-corrected chi connectivity index (χ3v) is 4.53. The maximum atomic E-state index is 12.4. The molecule has 0 saturated heterocycles. The van der Waals surface area contributed by atoms with Gasteiger partial charge in [-0.15, -0.1) is 0 Å². The van der Waals surface area contributed by atoms with Crippen molar-refractivity contribution in [3.63, 3.8) is 0 Å². The van der Waals surface area contributed by atoms with E-state index in [9.17, 15) is 14.4 Å². The molecule has 7 heteroatoms. The van der Waals surface area contributed by atoms with Crippen LogP contribution in [-0.4, -0.2) is 48.2 Å². The Labute approximate surface area is 130 Å². The van der Waals surface area contributed by atoms with Gasteiger partial charge in [0.25, 0.3) is 5.91 Å². The third-order valence-electron chi connectivity index (χ3n) is 4.53. The Kier molecular flexibility index (Phi) is 4.83. The molecular formula is C15H23N3O4. The number of hydrazone groups is 1. The summed E-state index contributed by atoms with van der Waals surface area (Å²) in [6, 6.07) is 0. The molecule has 1 aliphatic heterocycles. The molecule has 122 valence electrons. The second kappa shape index (κ2) is 6.46. The first-order valence-corrected chi connectivity index (χ1v) is 7.63. The standard InChI is InChI=1S/C15H23N3O4/c1-10-6-8-15(9-7-10,14(21)22-3)16-13(20)11-4-5-12(19)18(2)17-11/h10H,4-9H2,1-3H3,(H,16,20). The van der Waals surface area contributed by atoms with Crippen LogP contribution in [0.15, 0.2) is 5.10 Å². The van der Waals surface area contributed by atoms with E-state index in [0.717, 1.165) is 12.8 Å². The third kappa shape index (κ3) is 3.28. The van der Waals surface area contributed by atoms with Crippen molar-refractivity contribution in [2.45, 2.75) is 51.0 Å². The molecule has 1 heterocycles. The Morgan fingerprint density at radius 2 is 1.95 bits per heavy atom. The molecule has 0 spiro atoms. The maximum absolute atomic E-state index is 12.4. The van der Waals surface area contributed by atoms with E-state index in [4.69, 9.17) is 4.74 Å². The number of carbonyl (C=O) groups is 3. The highest BCUT2D eigenvalue weighted by atomic mass is 16.5. The van der Waals surface area contributed by atoms with Gasteiger partial charge in [-0.05, 0) is 31.6 Å². The van der Waals surface area contributed by atoms with Crippen molar-refractivity contribution in [1.29, 1.82) is 0 Å². The smallest absolute Gasteiger partial charge is 0.331 e. The molecule has 22 heavy (non-hydrogen) atoms. The van der Waals surface area contributed by atoms with Gasteiger partial charge in [0.15, 0.2) is 0 Å². The van der Waals surface area contributed by atoms with Crippen molar-refractivity contribution in [3.05, 3.63) is 0 Å². The molecule has 0 aromatic carbocycles. The second-order valence-corrected chi connectivity index (χ2v) is 6.17. The van der Waals surface area contributed by atoms with E-state index in [0.29, 0.717) is 25.2 Å². The van der Waals surface area contributed by atoms with E-state index >= 15 is 0 Å². The van der Waals surface area contributed by atoms with Crippen LogP contribution in [0.25, 0.3) is 0 Å². The molecule has 2 rings (SSSR count). The van der Waals surface area contributed by atoms with Gasteiger partial charge in [-0.2, -0.15) is 5.10 Å². The Balaban J connectivity index is 2.14. The Bertz CT molecular complexity index is 507. The van der Waals surface area contributed by atoms with Crippen LogP contribution in [0.3, 0.4) is 0 Å². The minimum atomic E-state index is -0.971. The second-order valence-electron chi connectivity index (χ2n) is 6.17. The van der Waals surface area contributed by atoms with Gasteiger partial charge in [-0.1, -0.05) is 6.92 Å². The number of hydrogen-bond donors (Lipinski definition) is 1. The molecule has 7 nitrogen and oxygen atoms in total. The average Bonchev–Trinajstić information content (AvgIpc) is 2.51. The van der Waals surface area contributed by atoms with Crippen LogP contribution in [0.5, 0.6) is 0 Å². The van der Waals surface area contributed by atoms with Crippen LogP contribution in [0.2, 0.25) is 0 Å². The lowest BCUT2D eigenvalue weighted by Gasteiger charge is -2.37. The van der Waals surface area contributed by atoms with Crippen LogP contribution in [-0.2, 0) is 19.1 Å². The van der Waals surface area contributed by atoms with Crippen molar-refractivity contribution in [1.82, 2.24) is 10.3 Å². The summed E-state index contributed by atoms with van der Waals surface area (Å²) >= 11 is 0. The van der Waals surface area contributed by atoms with E-state index in [1.807, 2.05) is 0 Å². The lowest BCUT2D eigenvalue weighted by molar-refractivity contribution is -0.152. The Hall–Kier alpha value is -1.92. The number of methoxy groups -OCH3 is 1. The van der Waals surface area contributed by atoms with Crippen molar-refractivity contribution >= 4 is 23.5 Å². The van der Waals surface area contributed by atoms with Crippen molar-refractivity contribution in [3.8, 4) is 0 Å². The quantitative estimate of drug-likeness (QED) is 0.782. The molecule has 2 aliphatic rings.